The lowest BCUT2D eigenvalue weighted by Crippen LogP contribution is -2.63. The van der Waals surface area contributed by atoms with E-state index in [1.807, 2.05) is 45.9 Å². The van der Waals surface area contributed by atoms with Crippen molar-refractivity contribution < 1.29 is 4.79 Å². The Balaban J connectivity index is 2.61. The number of hydrogen-bond acceptors (Lipinski definition) is 3. The normalized spacial score (nSPS) is 24.0. The Labute approximate surface area is 150 Å². The molecule has 0 bridgehead atoms. The van der Waals surface area contributed by atoms with Gasteiger partial charge in [-0.25, -0.2) is 4.79 Å². The van der Waals surface area contributed by atoms with Gasteiger partial charge in [-0.15, -0.1) is 0 Å². The van der Waals surface area contributed by atoms with E-state index >= 15 is 0 Å². The van der Waals surface area contributed by atoms with Crippen molar-refractivity contribution >= 4 is 23.0 Å². The SMILES string of the molecule is CC(C)N=C1S[C@](c2ccccc2)(C(C)(C)C)NC(=O)N1C(C)C. The van der Waals surface area contributed by atoms with Crippen molar-refractivity contribution in [3.05, 3.63) is 35.9 Å². The molecule has 24 heavy (non-hydrogen) atoms. The number of thioether (sulfide) groups is 1. The number of amides is 2. The zero-order chi connectivity index (χ0) is 18.1. The maximum atomic E-state index is 13.0. The first-order valence-electron chi connectivity index (χ1n) is 8.52. The molecule has 4 nitrogen and oxygen atoms in total. The minimum Gasteiger partial charge on any atom is -0.318 e. The first-order valence-corrected chi connectivity index (χ1v) is 9.34. The molecule has 5 heteroatoms. The number of urea groups is 1. The van der Waals surface area contributed by atoms with Crippen LogP contribution in [0, 0.1) is 5.41 Å². The summed E-state index contributed by atoms with van der Waals surface area (Å²) in [5, 5.41) is 4.08. The van der Waals surface area contributed by atoms with Crippen molar-refractivity contribution in [1.82, 2.24) is 10.2 Å². The van der Waals surface area contributed by atoms with E-state index in [9.17, 15) is 4.79 Å². The summed E-state index contributed by atoms with van der Waals surface area (Å²) in [5.41, 5.74) is 0.908. The topological polar surface area (TPSA) is 44.7 Å². The molecule has 0 unspecified atom stereocenters. The van der Waals surface area contributed by atoms with Crippen LogP contribution in [0.4, 0.5) is 4.79 Å². The second-order valence-electron chi connectivity index (χ2n) is 7.80. The molecule has 1 atom stereocenters. The second-order valence-corrected chi connectivity index (χ2v) is 8.98. The molecule has 2 amide bonds. The van der Waals surface area contributed by atoms with Gasteiger partial charge in [-0.1, -0.05) is 62.9 Å². The fraction of sp³-hybridized carbons (Fsp3) is 0.579. The molecule has 0 radical (unpaired) electrons. The summed E-state index contributed by atoms with van der Waals surface area (Å²) in [7, 11) is 0. The van der Waals surface area contributed by atoms with Crippen molar-refractivity contribution in [2.24, 2.45) is 10.4 Å². The lowest BCUT2D eigenvalue weighted by molar-refractivity contribution is 0.179. The van der Waals surface area contributed by atoms with Crippen LogP contribution in [0.5, 0.6) is 0 Å². The number of carbonyl (C=O) groups is 1. The van der Waals surface area contributed by atoms with Crippen LogP contribution in [0.3, 0.4) is 0 Å². The Morgan fingerprint density at radius 3 is 2.17 bits per heavy atom. The number of hydrogen-bond donors (Lipinski definition) is 1. The Bertz CT molecular complexity index is 619. The summed E-state index contributed by atoms with van der Waals surface area (Å²) in [4.78, 5) is 19.0. The van der Waals surface area contributed by atoms with Gasteiger partial charge in [0.25, 0.3) is 0 Å². The van der Waals surface area contributed by atoms with Crippen LogP contribution < -0.4 is 5.32 Å². The zero-order valence-corrected chi connectivity index (χ0v) is 16.6. The van der Waals surface area contributed by atoms with Crippen LogP contribution in [0.15, 0.2) is 35.3 Å². The molecule has 0 aliphatic carbocycles. The monoisotopic (exact) mass is 347 g/mol. The molecule has 1 aliphatic rings. The highest BCUT2D eigenvalue weighted by Crippen LogP contribution is 2.51. The Hall–Kier alpha value is -1.49. The number of aliphatic imine (C=N–C) groups is 1. The van der Waals surface area contributed by atoms with Crippen molar-refractivity contribution in [2.75, 3.05) is 0 Å². The molecule has 2 rings (SSSR count). The lowest BCUT2D eigenvalue weighted by atomic mass is 9.81. The fourth-order valence-corrected chi connectivity index (χ4v) is 4.48. The number of amidine groups is 1. The minimum absolute atomic E-state index is 0.0590. The predicted octanol–water partition coefficient (Wildman–Crippen LogP) is 4.82. The summed E-state index contributed by atoms with van der Waals surface area (Å²) in [6.45, 7) is 14.6. The number of nitrogens with zero attached hydrogens (tertiary/aromatic N) is 2. The maximum Gasteiger partial charge on any atom is 0.325 e. The maximum absolute atomic E-state index is 13.0. The largest absolute Gasteiger partial charge is 0.325 e. The molecule has 132 valence electrons. The zero-order valence-electron chi connectivity index (χ0n) is 15.8. The van der Waals surface area contributed by atoms with Gasteiger partial charge in [0.05, 0.1) is 0 Å². The van der Waals surface area contributed by atoms with Crippen molar-refractivity contribution in [3.8, 4) is 0 Å². The fourth-order valence-electron chi connectivity index (χ4n) is 2.85. The molecule has 0 saturated carbocycles. The van der Waals surface area contributed by atoms with Gasteiger partial charge in [0, 0.05) is 12.1 Å². The van der Waals surface area contributed by atoms with Crippen LogP contribution in [-0.2, 0) is 4.87 Å². The number of nitrogens with one attached hydrogen (secondary N) is 1. The third-order valence-electron chi connectivity index (χ3n) is 4.07. The molecule has 1 aromatic rings. The summed E-state index contributed by atoms with van der Waals surface area (Å²) in [6, 6.07) is 10.3. The van der Waals surface area contributed by atoms with E-state index in [1.54, 1.807) is 16.7 Å². The quantitative estimate of drug-likeness (QED) is 0.852. The van der Waals surface area contributed by atoms with E-state index in [0.717, 1.165) is 10.7 Å². The highest BCUT2D eigenvalue weighted by atomic mass is 32.2. The van der Waals surface area contributed by atoms with E-state index in [1.165, 1.54) is 0 Å². The molecule has 1 aliphatic heterocycles. The molecule has 1 saturated heterocycles. The van der Waals surface area contributed by atoms with Gasteiger partial charge in [-0.05, 0) is 38.7 Å². The van der Waals surface area contributed by atoms with Gasteiger partial charge in [0.1, 0.15) is 4.87 Å². The van der Waals surface area contributed by atoms with Gasteiger partial charge in [0.15, 0.2) is 5.17 Å². The molecule has 0 spiro atoms. The van der Waals surface area contributed by atoms with E-state index in [-0.39, 0.29) is 23.5 Å². The minimum atomic E-state index is -0.551. The molecule has 1 fully saturated rings. The lowest BCUT2D eigenvalue weighted by Gasteiger charge is -2.50. The van der Waals surface area contributed by atoms with Crippen LogP contribution >= 0.6 is 11.8 Å². The molecule has 1 N–H and O–H groups in total. The number of carbonyl (C=O) groups excluding carboxylic acids is 1. The smallest absolute Gasteiger partial charge is 0.318 e. The van der Waals surface area contributed by atoms with Crippen LogP contribution in [0.25, 0.3) is 0 Å². The van der Waals surface area contributed by atoms with Crippen molar-refractivity contribution in [3.63, 3.8) is 0 Å². The molecular weight excluding hydrogens is 318 g/mol. The third kappa shape index (κ3) is 3.46. The second kappa shape index (κ2) is 6.79. The molecule has 0 aromatic heterocycles. The van der Waals surface area contributed by atoms with Gasteiger partial charge in [-0.3, -0.25) is 9.89 Å². The van der Waals surface area contributed by atoms with E-state index < -0.39 is 4.87 Å². The highest BCUT2D eigenvalue weighted by Gasteiger charge is 2.52. The number of rotatable bonds is 3. The average molecular weight is 348 g/mol. The van der Waals surface area contributed by atoms with Gasteiger partial charge < -0.3 is 5.32 Å². The number of benzene rings is 1. The Morgan fingerprint density at radius 2 is 1.71 bits per heavy atom. The summed E-state index contributed by atoms with van der Waals surface area (Å²) in [6.07, 6.45) is 0. The van der Waals surface area contributed by atoms with Crippen LogP contribution in [-0.4, -0.2) is 28.2 Å². The molecular formula is C19H29N3OS. The standard InChI is InChI=1S/C19H29N3OS/c1-13(2)20-17-22(14(3)4)16(23)21-19(24-17,18(5,6)7)15-11-9-8-10-12-15/h8-14H,1-7H3,(H,21,23)/t19-/m1/s1. The van der Waals surface area contributed by atoms with E-state index in [4.69, 9.17) is 4.99 Å². The highest BCUT2D eigenvalue weighted by molar-refractivity contribution is 8.14. The summed E-state index contributed by atoms with van der Waals surface area (Å²) < 4.78 is 0. The Kier molecular flexibility index (Phi) is 5.33. The first kappa shape index (κ1) is 18.8. The van der Waals surface area contributed by atoms with Crippen molar-refractivity contribution in [2.45, 2.75) is 65.4 Å². The molecule has 1 aromatic carbocycles. The summed E-state index contributed by atoms with van der Waals surface area (Å²) >= 11 is 1.65. The average Bonchev–Trinajstić information content (AvgIpc) is 2.45. The van der Waals surface area contributed by atoms with Gasteiger partial charge in [-0.2, -0.15) is 0 Å². The predicted molar refractivity (Wildman–Crippen MR) is 103 cm³/mol. The summed E-state index contributed by atoms with van der Waals surface area (Å²) in [5.74, 6) is 0. The van der Waals surface area contributed by atoms with E-state index in [0.29, 0.717) is 0 Å². The van der Waals surface area contributed by atoms with Gasteiger partial charge in [0.2, 0.25) is 0 Å². The van der Waals surface area contributed by atoms with Crippen LogP contribution in [0.2, 0.25) is 0 Å². The van der Waals surface area contributed by atoms with Gasteiger partial charge >= 0.3 is 6.03 Å². The third-order valence-corrected chi connectivity index (χ3v) is 5.81. The van der Waals surface area contributed by atoms with E-state index in [2.05, 4.69) is 38.2 Å². The van der Waals surface area contributed by atoms with Crippen molar-refractivity contribution in [1.29, 1.82) is 0 Å². The first-order chi connectivity index (χ1) is 11.1. The Morgan fingerprint density at radius 1 is 1.12 bits per heavy atom. The molecule has 1 heterocycles. The van der Waals surface area contributed by atoms with Crippen LogP contribution in [0.1, 0.15) is 54.0 Å².